The number of carbonyl (C=O) groups is 2. The van der Waals surface area contributed by atoms with E-state index in [9.17, 15) is 9.59 Å². The highest BCUT2D eigenvalue weighted by molar-refractivity contribution is 6.07. The van der Waals surface area contributed by atoms with E-state index in [4.69, 9.17) is 0 Å². The molecule has 1 N–H and O–H groups in total. The Kier molecular flexibility index (Phi) is 3.69. The summed E-state index contributed by atoms with van der Waals surface area (Å²) in [7, 11) is 1.84. The Balaban J connectivity index is 1.72. The first-order chi connectivity index (χ1) is 10.1. The lowest BCUT2D eigenvalue weighted by atomic mass is 9.94. The van der Waals surface area contributed by atoms with Gasteiger partial charge >= 0.3 is 0 Å². The number of nitrogens with one attached hydrogen (secondary N) is 1. The largest absolute Gasteiger partial charge is 0.370 e. The molecule has 1 aromatic rings. The topological polar surface area (TPSA) is 67.2 Å². The van der Waals surface area contributed by atoms with E-state index in [0.29, 0.717) is 0 Å². The molecule has 21 heavy (non-hydrogen) atoms. The molecule has 6 nitrogen and oxygen atoms in total. The smallest absolute Gasteiger partial charge is 0.252 e. The number of hydrogen-bond acceptors (Lipinski definition) is 4. The molecule has 0 aromatic carbocycles. The van der Waals surface area contributed by atoms with Crippen molar-refractivity contribution >= 4 is 17.5 Å². The normalized spacial score (nSPS) is 23.9. The van der Waals surface area contributed by atoms with Gasteiger partial charge in [-0.15, -0.1) is 0 Å². The van der Waals surface area contributed by atoms with Crippen molar-refractivity contribution in [3.05, 3.63) is 11.9 Å². The maximum absolute atomic E-state index is 12.6. The molecule has 2 fully saturated rings. The average molecular weight is 290 g/mol. The number of imide groups is 1. The second-order valence-electron chi connectivity index (χ2n) is 6.10. The molecule has 6 heteroatoms. The Bertz CT molecular complexity index is 560. The molecule has 1 saturated heterocycles. The maximum Gasteiger partial charge on any atom is 0.252 e. The summed E-state index contributed by atoms with van der Waals surface area (Å²) in [6.45, 7) is 1.89. The van der Waals surface area contributed by atoms with Gasteiger partial charge in [-0.3, -0.25) is 19.2 Å². The van der Waals surface area contributed by atoms with Gasteiger partial charge in [-0.25, -0.2) is 0 Å². The van der Waals surface area contributed by atoms with E-state index in [1.54, 1.807) is 4.68 Å². The molecule has 2 heterocycles. The Labute approximate surface area is 124 Å². The molecule has 1 aliphatic carbocycles. The van der Waals surface area contributed by atoms with Crippen LogP contribution in [-0.4, -0.2) is 38.6 Å². The summed E-state index contributed by atoms with van der Waals surface area (Å²) < 4.78 is 1.71. The first-order valence-corrected chi connectivity index (χ1v) is 7.69. The first kappa shape index (κ1) is 14.1. The van der Waals surface area contributed by atoms with Crippen LogP contribution in [0.4, 0.5) is 5.69 Å². The van der Waals surface area contributed by atoms with Crippen molar-refractivity contribution in [1.82, 2.24) is 14.7 Å². The van der Waals surface area contributed by atoms with Gasteiger partial charge in [0.25, 0.3) is 5.91 Å². The Morgan fingerprint density at radius 3 is 2.57 bits per heavy atom. The van der Waals surface area contributed by atoms with Crippen LogP contribution in [0.1, 0.15) is 44.2 Å². The molecule has 2 amide bonds. The van der Waals surface area contributed by atoms with Gasteiger partial charge in [0, 0.05) is 19.3 Å². The summed E-state index contributed by atoms with van der Waals surface area (Å²) in [6, 6.07) is -0.331. The zero-order valence-electron chi connectivity index (χ0n) is 12.6. The van der Waals surface area contributed by atoms with E-state index in [0.717, 1.165) is 37.1 Å². The van der Waals surface area contributed by atoms with Crippen molar-refractivity contribution in [3.8, 4) is 0 Å². The van der Waals surface area contributed by atoms with Gasteiger partial charge in [-0.1, -0.05) is 19.3 Å². The number of hydrogen-bond donors (Lipinski definition) is 1. The van der Waals surface area contributed by atoms with Crippen LogP contribution >= 0.6 is 0 Å². The third-order valence-corrected chi connectivity index (χ3v) is 4.47. The van der Waals surface area contributed by atoms with Gasteiger partial charge < -0.3 is 5.32 Å². The molecule has 1 saturated carbocycles. The van der Waals surface area contributed by atoms with E-state index >= 15 is 0 Å². The number of likely N-dealkylation sites (tertiary alicyclic amines) is 1. The Hall–Kier alpha value is -1.85. The van der Waals surface area contributed by atoms with E-state index in [1.165, 1.54) is 11.3 Å². The van der Waals surface area contributed by atoms with Gasteiger partial charge in [-0.05, 0) is 19.8 Å². The van der Waals surface area contributed by atoms with E-state index in [2.05, 4.69) is 10.4 Å². The summed E-state index contributed by atoms with van der Waals surface area (Å²) in [5.41, 5.74) is 1.67. The third-order valence-electron chi connectivity index (χ3n) is 4.47. The minimum atomic E-state index is -0.442. The Morgan fingerprint density at radius 2 is 1.95 bits per heavy atom. The van der Waals surface area contributed by atoms with E-state index in [-0.39, 0.29) is 24.3 Å². The molecule has 0 radical (unpaired) electrons. The molecule has 1 unspecified atom stereocenters. The van der Waals surface area contributed by atoms with Crippen LogP contribution in [0, 0.1) is 6.92 Å². The van der Waals surface area contributed by atoms with Gasteiger partial charge in [-0.2, -0.15) is 5.10 Å². The standard InChI is InChI=1S/C15H22N4O2/c1-10-13(9-18(2)17-10)16-12-8-14(20)19(15(12)21)11-6-4-3-5-7-11/h9,11-12,16H,3-8H2,1-2H3. The fourth-order valence-corrected chi connectivity index (χ4v) is 3.42. The summed E-state index contributed by atoms with van der Waals surface area (Å²) in [5, 5.41) is 7.43. The summed E-state index contributed by atoms with van der Waals surface area (Å²) in [6.07, 6.45) is 7.44. The van der Waals surface area contributed by atoms with Crippen molar-refractivity contribution in [2.45, 2.75) is 57.5 Å². The molecule has 0 spiro atoms. The fourth-order valence-electron chi connectivity index (χ4n) is 3.42. The van der Waals surface area contributed by atoms with Gasteiger partial charge in [0.2, 0.25) is 5.91 Å². The van der Waals surface area contributed by atoms with Crippen molar-refractivity contribution < 1.29 is 9.59 Å². The number of carbonyl (C=O) groups excluding carboxylic acids is 2. The summed E-state index contributed by atoms with van der Waals surface area (Å²) in [4.78, 5) is 26.3. The molecule has 1 aliphatic heterocycles. The predicted octanol–water partition coefficient (Wildman–Crippen LogP) is 1.60. The quantitative estimate of drug-likeness (QED) is 0.859. The van der Waals surface area contributed by atoms with Crippen molar-refractivity contribution in [2.75, 3.05) is 5.32 Å². The SMILES string of the molecule is Cc1nn(C)cc1NC1CC(=O)N(C2CCCCC2)C1=O. The summed E-state index contributed by atoms with van der Waals surface area (Å²) >= 11 is 0. The number of aryl methyl sites for hydroxylation is 2. The van der Waals surface area contributed by atoms with Gasteiger partial charge in [0.1, 0.15) is 6.04 Å². The predicted molar refractivity (Wildman–Crippen MR) is 78.7 cm³/mol. The number of rotatable bonds is 3. The zero-order chi connectivity index (χ0) is 15.0. The van der Waals surface area contributed by atoms with Crippen molar-refractivity contribution in [3.63, 3.8) is 0 Å². The minimum Gasteiger partial charge on any atom is -0.370 e. The number of aromatic nitrogens is 2. The molecule has 2 aliphatic rings. The number of nitrogens with zero attached hydrogens (tertiary/aromatic N) is 3. The third kappa shape index (κ3) is 2.66. The highest BCUT2D eigenvalue weighted by atomic mass is 16.2. The number of amides is 2. The van der Waals surface area contributed by atoms with Crippen LogP contribution in [-0.2, 0) is 16.6 Å². The monoisotopic (exact) mass is 290 g/mol. The van der Waals surface area contributed by atoms with Crippen LogP contribution in [0.5, 0.6) is 0 Å². The van der Waals surface area contributed by atoms with Crippen LogP contribution in [0.3, 0.4) is 0 Å². The lowest BCUT2D eigenvalue weighted by Crippen LogP contribution is -2.43. The van der Waals surface area contributed by atoms with Crippen LogP contribution in [0.2, 0.25) is 0 Å². The Morgan fingerprint density at radius 1 is 1.24 bits per heavy atom. The van der Waals surface area contributed by atoms with Crippen LogP contribution in [0.25, 0.3) is 0 Å². The lowest BCUT2D eigenvalue weighted by Gasteiger charge is -2.29. The molecule has 1 aromatic heterocycles. The first-order valence-electron chi connectivity index (χ1n) is 7.69. The van der Waals surface area contributed by atoms with Gasteiger partial charge in [0.05, 0.1) is 17.8 Å². The zero-order valence-corrected chi connectivity index (χ0v) is 12.6. The fraction of sp³-hybridized carbons (Fsp3) is 0.667. The highest BCUT2D eigenvalue weighted by Gasteiger charge is 2.42. The van der Waals surface area contributed by atoms with E-state index < -0.39 is 6.04 Å². The number of anilines is 1. The molecule has 1 atom stereocenters. The maximum atomic E-state index is 12.6. The van der Waals surface area contributed by atoms with Crippen LogP contribution in [0.15, 0.2) is 6.20 Å². The highest BCUT2D eigenvalue weighted by Crippen LogP contribution is 2.28. The molecule has 0 bridgehead atoms. The van der Waals surface area contributed by atoms with Crippen LogP contribution < -0.4 is 5.32 Å². The second-order valence-corrected chi connectivity index (χ2v) is 6.10. The van der Waals surface area contributed by atoms with Crippen molar-refractivity contribution in [1.29, 1.82) is 0 Å². The lowest BCUT2D eigenvalue weighted by molar-refractivity contribution is -0.141. The molecule has 3 rings (SSSR count). The summed E-state index contributed by atoms with van der Waals surface area (Å²) in [5.74, 6) is -0.110. The molecular weight excluding hydrogens is 268 g/mol. The minimum absolute atomic E-state index is 0.0362. The molecule has 114 valence electrons. The second kappa shape index (κ2) is 5.50. The molecular formula is C15H22N4O2. The van der Waals surface area contributed by atoms with Crippen molar-refractivity contribution in [2.24, 2.45) is 7.05 Å². The average Bonchev–Trinajstić information content (AvgIpc) is 2.91. The van der Waals surface area contributed by atoms with Gasteiger partial charge in [0.15, 0.2) is 0 Å². The van der Waals surface area contributed by atoms with E-state index in [1.807, 2.05) is 20.2 Å².